The van der Waals surface area contributed by atoms with Crippen LogP contribution in [0.1, 0.15) is 17.3 Å². The van der Waals surface area contributed by atoms with Crippen LogP contribution in [0.15, 0.2) is 48.8 Å². The van der Waals surface area contributed by atoms with E-state index < -0.39 is 4.92 Å². The molecule has 9 nitrogen and oxygen atoms in total. The monoisotopic (exact) mass is 413 g/mol. The largest absolute Gasteiger partial charge is 0.495 e. The number of halogens is 1. The molecule has 1 aromatic heterocycles. The van der Waals surface area contributed by atoms with Crippen LogP contribution in [0.4, 0.5) is 28.7 Å². The first-order valence-electron chi connectivity index (χ1n) is 8.37. The molecule has 0 radical (unpaired) electrons. The third-order valence-corrected chi connectivity index (χ3v) is 4.21. The fraction of sp³-hybridized carbons (Fsp3) is 0.105. The average Bonchev–Trinajstić information content (AvgIpc) is 2.68. The molecule has 0 amide bonds. The SMILES string of the molecule is COc1ccc(Cl)cc1Nc1ncnc(Nc2ccc(C(C)=O)cc2)c1[N+](=O)[O-]. The Kier molecular flexibility index (Phi) is 5.89. The number of methoxy groups -OCH3 is 1. The molecular formula is C19H16ClN5O4. The number of rotatable bonds is 7. The number of aromatic nitrogens is 2. The Morgan fingerprint density at radius 3 is 2.34 bits per heavy atom. The second kappa shape index (κ2) is 8.53. The fourth-order valence-electron chi connectivity index (χ4n) is 2.57. The molecule has 0 atom stereocenters. The van der Waals surface area contributed by atoms with Crippen molar-refractivity contribution < 1.29 is 14.5 Å². The van der Waals surface area contributed by atoms with Gasteiger partial charge in [-0.25, -0.2) is 9.97 Å². The van der Waals surface area contributed by atoms with Gasteiger partial charge in [0, 0.05) is 16.3 Å². The molecule has 3 aromatic rings. The molecule has 0 bridgehead atoms. The maximum absolute atomic E-state index is 11.7. The lowest BCUT2D eigenvalue weighted by Crippen LogP contribution is -2.06. The molecule has 2 aromatic carbocycles. The van der Waals surface area contributed by atoms with Gasteiger partial charge in [0.15, 0.2) is 5.78 Å². The average molecular weight is 414 g/mol. The van der Waals surface area contributed by atoms with Crippen molar-refractivity contribution in [2.24, 2.45) is 0 Å². The van der Waals surface area contributed by atoms with Gasteiger partial charge in [-0.2, -0.15) is 0 Å². The topological polar surface area (TPSA) is 119 Å². The van der Waals surface area contributed by atoms with E-state index in [1.165, 1.54) is 20.4 Å². The number of nitrogens with zero attached hydrogens (tertiary/aromatic N) is 3. The molecular weight excluding hydrogens is 398 g/mol. The minimum atomic E-state index is -0.592. The number of carbonyl (C=O) groups excluding carboxylic acids is 1. The van der Waals surface area contributed by atoms with E-state index in [9.17, 15) is 14.9 Å². The van der Waals surface area contributed by atoms with Crippen LogP contribution in [0, 0.1) is 10.1 Å². The number of ether oxygens (including phenoxy) is 1. The zero-order valence-corrected chi connectivity index (χ0v) is 16.2. The Hall–Kier alpha value is -3.72. The van der Waals surface area contributed by atoms with Crippen LogP contribution < -0.4 is 15.4 Å². The van der Waals surface area contributed by atoms with Gasteiger partial charge in [0.2, 0.25) is 11.6 Å². The summed E-state index contributed by atoms with van der Waals surface area (Å²) < 4.78 is 5.25. The summed E-state index contributed by atoms with van der Waals surface area (Å²) in [7, 11) is 1.47. The lowest BCUT2D eigenvalue weighted by Gasteiger charge is -2.13. The molecule has 0 spiro atoms. The van der Waals surface area contributed by atoms with E-state index in [1.807, 2.05) is 0 Å². The summed E-state index contributed by atoms with van der Waals surface area (Å²) in [5.74, 6) is 0.320. The molecule has 0 unspecified atom stereocenters. The van der Waals surface area contributed by atoms with Crippen LogP contribution in [0.2, 0.25) is 5.02 Å². The van der Waals surface area contributed by atoms with Gasteiger partial charge in [-0.3, -0.25) is 14.9 Å². The molecule has 3 rings (SSSR count). The lowest BCUT2D eigenvalue weighted by atomic mass is 10.1. The number of carbonyl (C=O) groups is 1. The maximum Gasteiger partial charge on any atom is 0.353 e. The molecule has 2 N–H and O–H groups in total. The van der Waals surface area contributed by atoms with Gasteiger partial charge in [0.25, 0.3) is 0 Å². The Morgan fingerprint density at radius 2 is 1.76 bits per heavy atom. The minimum Gasteiger partial charge on any atom is -0.495 e. The number of benzene rings is 2. The van der Waals surface area contributed by atoms with Crippen LogP contribution in [-0.4, -0.2) is 27.8 Å². The summed E-state index contributed by atoms with van der Waals surface area (Å²) in [5.41, 5.74) is 1.12. The Morgan fingerprint density at radius 1 is 1.10 bits per heavy atom. The van der Waals surface area contributed by atoms with Crippen LogP contribution in [0.5, 0.6) is 5.75 Å². The highest BCUT2D eigenvalue weighted by Crippen LogP contribution is 2.36. The van der Waals surface area contributed by atoms with Crippen molar-refractivity contribution in [2.45, 2.75) is 6.92 Å². The standard InChI is InChI=1S/C19H16ClN5O4/c1-11(26)12-3-6-14(7-4-12)23-18-17(25(27)28)19(22-10-21-18)24-15-9-13(20)5-8-16(15)29-2/h3-10H,1-2H3,(H2,21,22,23,24). The summed E-state index contributed by atoms with van der Waals surface area (Å²) in [6, 6.07) is 11.3. The summed E-state index contributed by atoms with van der Waals surface area (Å²) in [6.45, 7) is 1.46. The van der Waals surface area contributed by atoms with Gasteiger partial charge in [0.05, 0.1) is 17.7 Å². The Balaban J connectivity index is 1.97. The maximum atomic E-state index is 11.7. The molecule has 0 saturated heterocycles. The predicted molar refractivity (Wildman–Crippen MR) is 110 cm³/mol. The van der Waals surface area contributed by atoms with E-state index in [-0.39, 0.29) is 23.1 Å². The van der Waals surface area contributed by atoms with Crippen molar-refractivity contribution in [3.05, 3.63) is 69.5 Å². The van der Waals surface area contributed by atoms with Crippen molar-refractivity contribution in [2.75, 3.05) is 17.7 Å². The summed E-state index contributed by atoms with van der Waals surface area (Å²) in [6.07, 6.45) is 1.19. The second-order valence-electron chi connectivity index (χ2n) is 5.90. The highest BCUT2D eigenvalue weighted by Gasteiger charge is 2.24. The molecule has 10 heteroatoms. The number of hydrogen-bond acceptors (Lipinski definition) is 8. The van der Waals surface area contributed by atoms with E-state index in [4.69, 9.17) is 16.3 Å². The van der Waals surface area contributed by atoms with Crippen molar-refractivity contribution >= 4 is 46.1 Å². The highest BCUT2D eigenvalue weighted by molar-refractivity contribution is 6.31. The molecule has 0 fully saturated rings. The molecule has 0 aliphatic heterocycles. The number of nitro groups is 1. The minimum absolute atomic E-state index is 0.0101. The van der Waals surface area contributed by atoms with Gasteiger partial charge >= 0.3 is 5.69 Å². The van der Waals surface area contributed by atoms with Gasteiger partial charge in [-0.1, -0.05) is 11.6 Å². The molecule has 1 heterocycles. The quantitative estimate of drug-likeness (QED) is 0.324. The third-order valence-electron chi connectivity index (χ3n) is 3.97. The number of Topliss-reactive ketones (excluding diaryl/α,β-unsaturated/α-hetero) is 1. The molecule has 148 valence electrons. The predicted octanol–water partition coefficient (Wildman–Crippen LogP) is 4.74. The van der Waals surface area contributed by atoms with Crippen molar-refractivity contribution in [1.82, 2.24) is 9.97 Å². The fourth-order valence-corrected chi connectivity index (χ4v) is 2.74. The number of anilines is 4. The van der Waals surface area contributed by atoms with Gasteiger partial charge in [-0.05, 0) is 49.4 Å². The first-order chi connectivity index (χ1) is 13.9. The van der Waals surface area contributed by atoms with Crippen LogP contribution in [-0.2, 0) is 0 Å². The van der Waals surface area contributed by atoms with Crippen LogP contribution >= 0.6 is 11.6 Å². The normalized spacial score (nSPS) is 10.3. The van der Waals surface area contributed by atoms with Crippen molar-refractivity contribution in [3.8, 4) is 5.75 Å². The van der Waals surface area contributed by atoms with E-state index in [0.717, 1.165) is 0 Å². The van der Waals surface area contributed by atoms with E-state index in [1.54, 1.807) is 42.5 Å². The molecule has 0 aliphatic carbocycles. The first kappa shape index (κ1) is 20.0. The molecule has 29 heavy (non-hydrogen) atoms. The van der Waals surface area contributed by atoms with Crippen molar-refractivity contribution in [3.63, 3.8) is 0 Å². The Bertz CT molecular complexity index is 1070. The van der Waals surface area contributed by atoms with E-state index in [0.29, 0.717) is 27.7 Å². The third kappa shape index (κ3) is 4.58. The smallest absolute Gasteiger partial charge is 0.353 e. The van der Waals surface area contributed by atoms with Gasteiger partial charge in [0.1, 0.15) is 12.1 Å². The summed E-state index contributed by atoms with van der Waals surface area (Å²) >= 11 is 6.02. The summed E-state index contributed by atoms with van der Waals surface area (Å²) in [5, 5.41) is 17.9. The lowest BCUT2D eigenvalue weighted by molar-refractivity contribution is -0.383. The van der Waals surface area contributed by atoms with Gasteiger partial charge < -0.3 is 15.4 Å². The Labute approximate surface area is 170 Å². The zero-order chi connectivity index (χ0) is 21.0. The van der Waals surface area contributed by atoms with Gasteiger partial charge in [-0.15, -0.1) is 0 Å². The molecule has 0 saturated carbocycles. The first-order valence-corrected chi connectivity index (χ1v) is 8.75. The number of hydrogen-bond donors (Lipinski definition) is 2. The van der Waals surface area contributed by atoms with Crippen LogP contribution in [0.3, 0.4) is 0 Å². The van der Waals surface area contributed by atoms with Crippen LogP contribution in [0.25, 0.3) is 0 Å². The number of ketones is 1. The summed E-state index contributed by atoms with van der Waals surface area (Å²) in [4.78, 5) is 30.5. The van der Waals surface area contributed by atoms with E-state index >= 15 is 0 Å². The van der Waals surface area contributed by atoms with E-state index in [2.05, 4.69) is 20.6 Å². The molecule has 0 aliphatic rings. The number of nitrogens with one attached hydrogen (secondary N) is 2. The van der Waals surface area contributed by atoms with Crippen molar-refractivity contribution in [1.29, 1.82) is 0 Å². The highest BCUT2D eigenvalue weighted by atomic mass is 35.5. The second-order valence-corrected chi connectivity index (χ2v) is 6.34. The zero-order valence-electron chi connectivity index (χ0n) is 15.5.